The van der Waals surface area contributed by atoms with Crippen molar-refractivity contribution in [2.75, 3.05) is 24.3 Å². The third-order valence-electron chi connectivity index (χ3n) is 3.23. The quantitative estimate of drug-likeness (QED) is 0.861. The number of rotatable bonds is 3. The van der Waals surface area contributed by atoms with Gasteiger partial charge in [-0.3, -0.25) is 0 Å². The molecular formula is C13H22N4O. The van der Waals surface area contributed by atoms with Crippen LogP contribution in [0, 0.1) is 6.92 Å². The number of ether oxygens (including phenoxy) is 1. The van der Waals surface area contributed by atoms with Crippen LogP contribution in [0.3, 0.4) is 0 Å². The van der Waals surface area contributed by atoms with Crippen molar-refractivity contribution < 1.29 is 4.74 Å². The van der Waals surface area contributed by atoms with Gasteiger partial charge in [0.25, 0.3) is 0 Å². The van der Waals surface area contributed by atoms with Crippen molar-refractivity contribution in [1.82, 2.24) is 9.97 Å². The Hall–Kier alpha value is -1.36. The molecule has 2 rings (SSSR count). The van der Waals surface area contributed by atoms with Crippen molar-refractivity contribution in [3.05, 3.63) is 11.8 Å². The average molecular weight is 250 g/mol. The molecule has 0 spiro atoms. The summed E-state index contributed by atoms with van der Waals surface area (Å²) in [5, 5.41) is 6.47. The molecular weight excluding hydrogens is 228 g/mol. The van der Waals surface area contributed by atoms with Gasteiger partial charge in [0.15, 0.2) is 0 Å². The minimum atomic E-state index is -0.0529. The molecule has 0 aliphatic carbocycles. The third kappa shape index (κ3) is 3.10. The molecule has 2 N–H and O–H groups in total. The van der Waals surface area contributed by atoms with Crippen LogP contribution in [0.5, 0.6) is 0 Å². The molecule has 1 aromatic heterocycles. The normalized spacial score (nSPS) is 22.6. The van der Waals surface area contributed by atoms with E-state index in [2.05, 4.69) is 34.4 Å². The first-order chi connectivity index (χ1) is 8.50. The molecule has 5 heteroatoms. The Labute approximate surface area is 108 Å². The minimum Gasteiger partial charge on any atom is -0.375 e. The summed E-state index contributed by atoms with van der Waals surface area (Å²) in [6.45, 7) is 7.08. The first kappa shape index (κ1) is 13.1. The lowest BCUT2D eigenvalue weighted by Gasteiger charge is -2.36. The van der Waals surface area contributed by atoms with Crippen LogP contribution in [0.4, 0.5) is 11.8 Å². The summed E-state index contributed by atoms with van der Waals surface area (Å²) in [4.78, 5) is 8.65. The van der Waals surface area contributed by atoms with Crippen LogP contribution in [0.2, 0.25) is 0 Å². The molecule has 0 bridgehead atoms. The van der Waals surface area contributed by atoms with E-state index in [0.717, 1.165) is 30.8 Å². The Morgan fingerprint density at radius 1 is 1.44 bits per heavy atom. The fraction of sp³-hybridized carbons (Fsp3) is 0.692. The highest BCUT2D eigenvalue weighted by Crippen LogP contribution is 2.26. The number of aromatic nitrogens is 2. The largest absolute Gasteiger partial charge is 0.375 e. The average Bonchev–Trinajstić information content (AvgIpc) is 2.31. The molecule has 2 heterocycles. The van der Waals surface area contributed by atoms with E-state index in [1.807, 2.05) is 20.2 Å². The van der Waals surface area contributed by atoms with Crippen molar-refractivity contribution in [3.63, 3.8) is 0 Å². The molecule has 0 radical (unpaired) electrons. The van der Waals surface area contributed by atoms with Crippen LogP contribution in [0.15, 0.2) is 6.20 Å². The zero-order valence-electron chi connectivity index (χ0n) is 11.6. The molecule has 1 aliphatic rings. The van der Waals surface area contributed by atoms with Gasteiger partial charge in [0.2, 0.25) is 5.95 Å². The lowest BCUT2D eigenvalue weighted by atomic mass is 9.94. The van der Waals surface area contributed by atoms with E-state index in [-0.39, 0.29) is 5.60 Å². The number of hydrogen-bond acceptors (Lipinski definition) is 5. The van der Waals surface area contributed by atoms with Crippen LogP contribution >= 0.6 is 0 Å². The smallest absolute Gasteiger partial charge is 0.224 e. The summed E-state index contributed by atoms with van der Waals surface area (Å²) in [6.07, 6.45) is 3.85. The van der Waals surface area contributed by atoms with E-state index >= 15 is 0 Å². The Morgan fingerprint density at radius 3 is 2.89 bits per heavy atom. The molecule has 100 valence electrons. The van der Waals surface area contributed by atoms with Gasteiger partial charge in [0, 0.05) is 31.5 Å². The van der Waals surface area contributed by atoms with Gasteiger partial charge in [-0.15, -0.1) is 0 Å². The lowest BCUT2D eigenvalue weighted by Crippen LogP contribution is -2.40. The van der Waals surface area contributed by atoms with Crippen molar-refractivity contribution >= 4 is 11.8 Å². The molecule has 1 aromatic rings. The molecule has 1 aliphatic heterocycles. The maximum absolute atomic E-state index is 5.72. The van der Waals surface area contributed by atoms with E-state index in [4.69, 9.17) is 4.74 Å². The van der Waals surface area contributed by atoms with Crippen LogP contribution in [-0.2, 0) is 4.74 Å². The lowest BCUT2D eigenvalue weighted by molar-refractivity contribution is -0.0553. The second-order valence-corrected chi connectivity index (χ2v) is 5.42. The summed E-state index contributed by atoms with van der Waals surface area (Å²) < 4.78 is 5.72. The summed E-state index contributed by atoms with van der Waals surface area (Å²) in [7, 11) is 1.83. The van der Waals surface area contributed by atoms with Gasteiger partial charge in [-0.25, -0.2) is 4.98 Å². The maximum Gasteiger partial charge on any atom is 0.224 e. The molecule has 0 amide bonds. The SMILES string of the molecule is CNc1ncc(C)c(NC2CCOC(C)(C)C2)n1. The van der Waals surface area contributed by atoms with E-state index in [1.54, 1.807) is 0 Å². The molecule has 0 saturated carbocycles. The van der Waals surface area contributed by atoms with Gasteiger partial charge in [0.05, 0.1) is 5.60 Å². The monoisotopic (exact) mass is 250 g/mol. The maximum atomic E-state index is 5.72. The van der Waals surface area contributed by atoms with Gasteiger partial charge in [-0.05, 0) is 33.6 Å². The van der Waals surface area contributed by atoms with Crippen molar-refractivity contribution in [3.8, 4) is 0 Å². The van der Waals surface area contributed by atoms with E-state index in [9.17, 15) is 0 Å². The molecule has 5 nitrogen and oxygen atoms in total. The predicted molar refractivity (Wildman–Crippen MR) is 73.0 cm³/mol. The predicted octanol–water partition coefficient (Wildman–Crippen LogP) is 2.20. The fourth-order valence-electron chi connectivity index (χ4n) is 2.26. The number of anilines is 2. The van der Waals surface area contributed by atoms with Crippen molar-refractivity contribution in [2.24, 2.45) is 0 Å². The van der Waals surface area contributed by atoms with Crippen LogP contribution in [0.1, 0.15) is 32.3 Å². The van der Waals surface area contributed by atoms with Gasteiger partial charge < -0.3 is 15.4 Å². The highest BCUT2D eigenvalue weighted by molar-refractivity contribution is 5.47. The van der Waals surface area contributed by atoms with E-state index in [0.29, 0.717) is 12.0 Å². The standard InChI is InChI=1S/C13H22N4O/c1-9-8-15-12(14-4)17-11(9)16-10-5-6-18-13(2,3)7-10/h8,10H,5-7H2,1-4H3,(H2,14,15,16,17). The first-order valence-electron chi connectivity index (χ1n) is 6.42. The number of hydrogen-bond donors (Lipinski definition) is 2. The molecule has 18 heavy (non-hydrogen) atoms. The second-order valence-electron chi connectivity index (χ2n) is 5.42. The Bertz CT molecular complexity index is 419. The molecule has 1 unspecified atom stereocenters. The summed E-state index contributed by atoms with van der Waals surface area (Å²) in [5.74, 6) is 1.56. The van der Waals surface area contributed by atoms with Gasteiger partial charge in [0.1, 0.15) is 5.82 Å². The van der Waals surface area contributed by atoms with Gasteiger partial charge in [-0.2, -0.15) is 4.98 Å². The van der Waals surface area contributed by atoms with Crippen LogP contribution in [0.25, 0.3) is 0 Å². The number of nitrogens with one attached hydrogen (secondary N) is 2. The fourth-order valence-corrected chi connectivity index (χ4v) is 2.26. The molecule has 1 saturated heterocycles. The summed E-state index contributed by atoms with van der Waals surface area (Å²) in [5.41, 5.74) is 1.01. The highest BCUT2D eigenvalue weighted by Gasteiger charge is 2.29. The summed E-state index contributed by atoms with van der Waals surface area (Å²) >= 11 is 0. The molecule has 1 atom stereocenters. The van der Waals surface area contributed by atoms with Crippen molar-refractivity contribution in [2.45, 2.75) is 45.3 Å². The first-order valence-corrected chi connectivity index (χ1v) is 6.42. The number of nitrogens with zero attached hydrogens (tertiary/aromatic N) is 2. The van der Waals surface area contributed by atoms with Crippen LogP contribution in [-0.4, -0.2) is 35.3 Å². The van der Waals surface area contributed by atoms with Gasteiger partial charge in [-0.1, -0.05) is 0 Å². The number of aryl methyl sites for hydroxylation is 1. The Morgan fingerprint density at radius 2 is 2.22 bits per heavy atom. The third-order valence-corrected chi connectivity index (χ3v) is 3.23. The molecule has 1 fully saturated rings. The molecule has 0 aromatic carbocycles. The Balaban J connectivity index is 2.09. The van der Waals surface area contributed by atoms with Gasteiger partial charge >= 0.3 is 0 Å². The van der Waals surface area contributed by atoms with E-state index < -0.39 is 0 Å². The van der Waals surface area contributed by atoms with E-state index in [1.165, 1.54) is 0 Å². The summed E-state index contributed by atoms with van der Waals surface area (Å²) in [6, 6.07) is 0.409. The highest BCUT2D eigenvalue weighted by atomic mass is 16.5. The Kier molecular flexibility index (Phi) is 3.71. The zero-order chi connectivity index (χ0) is 13.2. The second kappa shape index (κ2) is 5.10. The van der Waals surface area contributed by atoms with Crippen LogP contribution < -0.4 is 10.6 Å². The van der Waals surface area contributed by atoms with Crippen molar-refractivity contribution in [1.29, 1.82) is 0 Å². The minimum absolute atomic E-state index is 0.0529. The topological polar surface area (TPSA) is 59.1 Å². The zero-order valence-corrected chi connectivity index (χ0v) is 11.6.